The molecule has 17 nitrogen and oxygen atoms in total. The monoisotopic (exact) mass is 1160 g/mol. The first-order chi connectivity index (χ1) is 37.4. The summed E-state index contributed by atoms with van der Waals surface area (Å²) >= 11 is 0. The van der Waals surface area contributed by atoms with Gasteiger partial charge in [-0.3, -0.25) is 37.3 Å². The van der Waals surface area contributed by atoms with Gasteiger partial charge in [0.15, 0.2) is 12.2 Å². The third kappa shape index (κ3) is 53.4. The van der Waals surface area contributed by atoms with Crippen LogP contribution in [-0.4, -0.2) is 96.7 Å². The van der Waals surface area contributed by atoms with Crippen LogP contribution in [0.15, 0.2) is 0 Å². The van der Waals surface area contributed by atoms with Crippen LogP contribution < -0.4 is 0 Å². The number of esters is 4. The lowest BCUT2D eigenvalue weighted by atomic mass is 10.0. The molecule has 0 aliphatic carbocycles. The molecule has 462 valence electrons. The number of carbonyl (C=O) groups is 4. The van der Waals surface area contributed by atoms with Crippen LogP contribution in [-0.2, 0) is 65.4 Å². The molecule has 2 unspecified atom stereocenters. The first-order valence-corrected chi connectivity index (χ1v) is 34.0. The standard InChI is InChI=1S/C59H114O17P2/c1-7-9-11-13-15-17-18-20-22-31-37-43-58(63)75-54(48-70-57(62)42-36-30-25-23-27-33-39-51(3)4)49-73-77(65,66)71-45-53(60)46-72-78(67,68)74-50-55(76-59(64)44-38-32-26-24-28-34-40-52(5)6)47-69-56(61)41-35-29-21-19-16-14-12-10-8-2/h51-55,60H,7-50H2,1-6H3,(H,65,66)(H,67,68)/t53-,54-,55-/m1/s1. The molecule has 0 aromatic heterocycles. The number of hydrogen-bond acceptors (Lipinski definition) is 15. The first-order valence-electron chi connectivity index (χ1n) is 31.0. The molecule has 0 fully saturated rings. The van der Waals surface area contributed by atoms with Crippen LogP contribution in [0.3, 0.4) is 0 Å². The Morgan fingerprint density at radius 1 is 0.346 bits per heavy atom. The highest BCUT2D eigenvalue weighted by Crippen LogP contribution is 2.45. The highest BCUT2D eigenvalue weighted by molar-refractivity contribution is 7.47. The van der Waals surface area contributed by atoms with Gasteiger partial charge in [-0.15, -0.1) is 0 Å². The maximum Gasteiger partial charge on any atom is 0.472 e. The molecule has 0 saturated heterocycles. The lowest BCUT2D eigenvalue weighted by Gasteiger charge is -2.21. The van der Waals surface area contributed by atoms with Gasteiger partial charge in [0, 0.05) is 25.7 Å². The van der Waals surface area contributed by atoms with E-state index < -0.39 is 97.5 Å². The number of rotatable bonds is 58. The number of phosphoric ester groups is 2. The van der Waals surface area contributed by atoms with Crippen LogP contribution in [0.25, 0.3) is 0 Å². The molecule has 0 rings (SSSR count). The van der Waals surface area contributed by atoms with Gasteiger partial charge in [0.2, 0.25) is 0 Å². The van der Waals surface area contributed by atoms with Gasteiger partial charge in [-0.2, -0.15) is 0 Å². The number of unbranched alkanes of at least 4 members (excludes halogenated alkanes) is 28. The van der Waals surface area contributed by atoms with Crippen molar-refractivity contribution in [1.82, 2.24) is 0 Å². The Morgan fingerprint density at radius 3 is 0.872 bits per heavy atom. The highest BCUT2D eigenvalue weighted by atomic mass is 31.2. The summed E-state index contributed by atoms with van der Waals surface area (Å²) in [6, 6.07) is 0. The number of carbonyl (C=O) groups excluding carboxylic acids is 4. The zero-order chi connectivity index (χ0) is 58.0. The highest BCUT2D eigenvalue weighted by Gasteiger charge is 2.30. The average molecular weight is 1160 g/mol. The fraction of sp³-hybridized carbons (Fsp3) is 0.932. The molecule has 0 aliphatic heterocycles. The van der Waals surface area contributed by atoms with E-state index in [0.29, 0.717) is 37.5 Å². The smallest absolute Gasteiger partial charge is 0.462 e. The van der Waals surface area contributed by atoms with E-state index in [1.807, 2.05) is 0 Å². The average Bonchev–Trinajstić information content (AvgIpc) is 3.39. The van der Waals surface area contributed by atoms with Crippen molar-refractivity contribution in [3.8, 4) is 0 Å². The SMILES string of the molecule is CCCCCCCCCCCCCC(=O)O[C@H](COC(=O)CCCCCCCCC(C)C)COP(=O)(O)OC[C@@H](O)COP(=O)(O)OC[C@@H](COC(=O)CCCCCCCCCCC)OC(=O)CCCCCCCCC(C)C. The van der Waals surface area contributed by atoms with Crippen molar-refractivity contribution >= 4 is 39.5 Å². The Balaban J connectivity index is 5.23. The van der Waals surface area contributed by atoms with E-state index in [9.17, 15) is 43.2 Å². The maximum atomic E-state index is 12.9. The third-order valence-corrected chi connectivity index (χ3v) is 15.4. The molecule has 3 N–H and O–H groups in total. The van der Waals surface area contributed by atoms with E-state index in [1.54, 1.807) is 0 Å². The van der Waals surface area contributed by atoms with Gasteiger partial charge in [0.25, 0.3) is 0 Å². The van der Waals surface area contributed by atoms with Gasteiger partial charge >= 0.3 is 39.5 Å². The molecule has 0 saturated carbocycles. The summed E-state index contributed by atoms with van der Waals surface area (Å²) in [6.07, 6.45) is 32.4. The Hall–Kier alpha value is -1.94. The Labute approximate surface area is 473 Å². The van der Waals surface area contributed by atoms with Gasteiger partial charge in [-0.1, -0.05) is 234 Å². The van der Waals surface area contributed by atoms with Crippen molar-refractivity contribution in [2.45, 2.75) is 304 Å². The summed E-state index contributed by atoms with van der Waals surface area (Å²) in [5.41, 5.74) is 0. The maximum absolute atomic E-state index is 12.9. The number of hydrogen-bond donors (Lipinski definition) is 3. The van der Waals surface area contributed by atoms with Crippen LogP contribution in [0.1, 0.15) is 286 Å². The van der Waals surface area contributed by atoms with Crippen LogP contribution in [0.5, 0.6) is 0 Å². The minimum absolute atomic E-state index is 0.102. The van der Waals surface area contributed by atoms with Crippen molar-refractivity contribution in [1.29, 1.82) is 0 Å². The Kier molecular flexibility index (Phi) is 50.6. The molecule has 0 bridgehead atoms. The summed E-state index contributed by atoms with van der Waals surface area (Å²) in [6.45, 7) is 9.26. The molecule has 19 heteroatoms. The fourth-order valence-corrected chi connectivity index (χ4v) is 10.2. The topological polar surface area (TPSA) is 237 Å². The number of phosphoric acid groups is 2. The fourth-order valence-electron chi connectivity index (χ4n) is 8.65. The van der Waals surface area contributed by atoms with Crippen molar-refractivity contribution in [3.05, 3.63) is 0 Å². The predicted octanol–water partition coefficient (Wildman–Crippen LogP) is 15.7. The molecule has 0 aliphatic rings. The van der Waals surface area contributed by atoms with Gasteiger partial charge in [-0.25, -0.2) is 9.13 Å². The Bertz CT molecular complexity index is 1550. The normalized spacial score (nSPS) is 14.4. The van der Waals surface area contributed by atoms with Gasteiger partial charge in [0.05, 0.1) is 26.4 Å². The largest absolute Gasteiger partial charge is 0.472 e. The van der Waals surface area contributed by atoms with Crippen LogP contribution in [0, 0.1) is 11.8 Å². The minimum atomic E-state index is -4.94. The molecule has 0 aromatic rings. The zero-order valence-electron chi connectivity index (χ0n) is 50.0. The van der Waals surface area contributed by atoms with E-state index in [4.69, 9.17) is 37.0 Å². The second kappa shape index (κ2) is 51.9. The number of ether oxygens (including phenoxy) is 4. The van der Waals surface area contributed by atoms with E-state index in [1.165, 1.54) is 96.3 Å². The second-order valence-corrected chi connectivity index (χ2v) is 25.2. The summed E-state index contributed by atoms with van der Waals surface area (Å²) in [5, 5.41) is 10.5. The third-order valence-electron chi connectivity index (χ3n) is 13.5. The molecular weight excluding hydrogens is 1040 g/mol. The van der Waals surface area contributed by atoms with Crippen LogP contribution in [0.2, 0.25) is 0 Å². The summed E-state index contributed by atoms with van der Waals surface area (Å²) in [4.78, 5) is 71.8. The van der Waals surface area contributed by atoms with E-state index in [2.05, 4.69) is 41.5 Å². The van der Waals surface area contributed by atoms with E-state index in [-0.39, 0.29) is 25.7 Å². The van der Waals surface area contributed by atoms with E-state index >= 15 is 0 Å². The summed E-state index contributed by atoms with van der Waals surface area (Å²) in [5.74, 6) is -0.798. The lowest BCUT2D eigenvalue weighted by Crippen LogP contribution is -2.30. The molecule has 5 atom stereocenters. The molecule has 0 radical (unpaired) electrons. The predicted molar refractivity (Wildman–Crippen MR) is 308 cm³/mol. The number of aliphatic hydroxyl groups is 1. The summed E-state index contributed by atoms with van der Waals surface area (Å²) in [7, 11) is -9.87. The quantitative estimate of drug-likeness (QED) is 0.0222. The van der Waals surface area contributed by atoms with Crippen molar-refractivity contribution in [2.75, 3.05) is 39.6 Å². The minimum Gasteiger partial charge on any atom is -0.462 e. The first kappa shape index (κ1) is 76.1. The van der Waals surface area contributed by atoms with Gasteiger partial charge in [-0.05, 0) is 37.5 Å². The van der Waals surface area contributed by atoms with Crippen LogP contribution in [0.4, 0.5) is 0 Å². The Morgan fingerprint density at radius 2 is 0.590 bits per heavy atom. The lowest BCUT2D eigenvalue weighted by molar-refractivity contribution is -0.161. The van der Waals surface area contributed by atoms with Gasteiger partial charge < -0.3 is 33.8 Å². The van der Waals surface area contributed by atoms with Crippen LogP contribution >= 0.6 is 15.6 Å². The molecule has 0 spiro atoms. The molecule has 0 heterocycles. The molecule has 0 aromatic carbocycles. The van der Waals surface area contributed by atoms with Gasteiger partial charge in [0.1, 0.15) is 19.3 Å². The number of aliphatic hydroxyl groups excluding tert-OH is 1. The molecular formula is C59H114O17P2. The molecule has 0 amide bonds. The zero-order valence-corrected chi connectivity index (χ0v) is 51.7. The van der Waals surface area contributed by atoms with E-state index in [0.717, 1.165) is 96.3 Å². The second-order valence-electron chi connectivity index (χ2n) is 22.3. The van der Waals surface area contributed by atoms with Crippen molar-refractivity contribution in [3.63, 3.8) is 0 Å². The summed E-state index contributed by atoms with van der Waals surface area (Å²) < 4.78 is 67.7. The van der Waals surface area contributed by atoms with Crippen molar-refractivity contribution < 1.29 is 80.2 Å². The van der Waals surface area contributed by atoms with Crippen molar-refractivity contribution in [2.24, 2.45) is 11.8 Å². The molecule has 78 heavy (non-hydrogen) atoms.